The molecule has 4 heteroatoms. The topological polar surface area (TPSA) is 47.1 Å². The van der Waals surface area contributed by atoms with Gasteiger partial charge in [-0.3, -0.25) is 4.90 Å². The van der Waals surface area contributed by atoms with Crippen molar-refractivity contribution in [2.75, 3.05) is 19.6 Å². The molecule has 1 fully saturated rings. The first-order valence-electron chi connectivity index (χ1n) is 8.91. The van der Waals surface area contributed by atoms with Crippen LogP contribution in [0.25, 0.3) is 5.69 Å². The summed E-state index contributed by atoms with van der Waals surface area (Å²) in [4.78, 5) is 2.51. The highest BCUT2D eigenvalue weighted by Crippen LogP contribution is 2.32. The highest BCUT2D eigenvalue weighted by Gasteiger charge is 2.33. The average Bonchev–Trinajstić information content (AvgIpc) is 3.30. The highest BCUT2D eigenvalue weighted by molar-refractivity contribution is 5.32. The SMILES string of the molecule is NC[C@@H]1CN(Cc2ccnn2-c2ccccc2)C[C@H]1c1ccccc1. The predicted molar refractivity (Wildman–Crippen MR) is 101 cm³/mol. The fourth-order valence-corrected chi connectivity index (χ4v) is 3.89. The molecule has 0 radical (unpaired) electrons. The van der Waals surface area contributed by atoms with Crippen molar-refractivity contribution in [3.8, 4) is 5.69 Å². The van der Waals surface area contributed by atoms with E-state index in [-0.39, 0.29) is 0 Å². The molecule has 0 saturated carbocycles. The van der Waals surface area contributed by atoms with Gasteiger partial charge in [0.2, 0.25) is 0 Å². The van der Waals surface area contributed by atoms with Gasteiger partial charge in [0.15, 0.2) is 0 Å². The number of rotatable bonds is 5. The van der Waals surface area contributed by atoms with Crippen LogP contribution in [0.4, 0.5) is 0 Å². The number of nitrogens with zero attached hydrogens (tertiary/aromatic N) is 3. The van der Waals surface area contributed by atoms with E-state index in [9.17, 15) is 0 Å². The third-order valence-corrected chi connectivity index (χ3v) is 5.15. The molecule has 0 unspecified atom stereocenters. The lowest BCUT2D eigenvalue weighted by molar-refractivity contribution is 0.310. The first-order valence-corrected chi connectivity index (χ1v) is 8.91. The Morgan fingerprint density at radius 2 is 1.64 bits per heavy atom. The maximum atomic E-state index is 6.07. The molecular weight excluding hydrogens is 308 g/mol. The summed E-state index contributed by atoms with van der Waals surface area (Å²) in [5.74, 6) is 1.02. The minimum absolute atomic E-state index is 0.510. The summed E-state index contributed by atoms with van der Waals surface area (Å²) in [5, 5.41) is 4.51. The van der Waals surface area contributed by atoms with E-state index in [0.717, 1.165) is 31.9 Å². The minimum Gasteiger partial charge on any atom is -0.330 e. The van der Waals surface area contributed by atoms with Gasteiger partial charge in [0, 0.05) is 31.7 Å². The standard InChI is InChI=1S/C21H24N4/c22-13-18-14-24(16-21(18)17-7-3-1-4-8-17)15-20-11-12-23-25(20)19-9-5-2-6-10-19/h1-12,18,21H,13-16,22H2/t18-,21+/m1/s1. The first kappa shape index (κ1) is 16.1. The lowest BCUT2D eigenvalue weighted by atomic mass is 9.89. The lowest BCUT2D eigenvalue weighted by Crippen LogP contribution is -2.24. The molecule has 4 rings (SSSR count). The Morgan fingerprint density at radius 3 is 2.36 bits per heavy atom. The van der Waals surface area contributed by atoms with Crippen LogP contribution < -0.4 is 5.73 Å². The van der Waals surface area contributed by atoms with E-state index in [2.05, 4.69) is 58.5 Å². The van der Waals surface area contributed by atoms with E-state index < -0.39 is 0 Å². The smallest absolute Gasteiger partial charge is 0.0649 e. The number of aromatic nitrogens is 2. The Bertz CT molecular complexity index is 797. The molecule has 4 nitrogen and oxygen atoms in total. The maximum absolute atomic E-state index is 6.07. The fourth-order valence-electron chi connectivity index (χ4n) is 3.89. The predicted octanol–water partition coefficient (Wildman–Crippen LogP) is 3.05. The van der Waals surface area contributed by atoms with Gasteiger partial charge in [0.25, 0.3) is 0 Å². The summed E-state index contributed by atoms with van der Waals surface area (Å²) in [6.45, 7) is 3.71. The molecule has 1 aliphatic rings. The lowest BCUT2D eigenvalue weighted by Gasteiger charge is -2.17. The molecule has 0 spiro atoms. The van der Waals surface area contributed by atoms with Crippen molar-refractivity contribution in [3.63, 3.8) is 0 Å². The molecule has 3 aromatic rings. The van der Waals surface area contributed by atoms with Crippen molar-refractivity contribution in [2.24, 2.45) is 11.7 Å². The molecule has 2 aromatic carbocycles. The monoisotopic (exact) mass is 332 g/mol. The van der Waals surface area contributed by atoms with Crippen molar-refractivity contribution < 1.29 is 0 Å². The third-order valence-electron chi connectivity index (χ3n) is 5.15. The second-order valence-corrected chi connectivity index (χ2v) is 6.78. The zero-order valence-corrected chi connectivity index (χ0v) is 14.3. The number of para-hydroxylation sites is 1. The minimum atomic E-state index is 0.510. The third kappa shape index (κ3) is 3.36. The first-order chi connectivity index (χ1) is 12.3. The number of hydrogen-bond acceptors (Lipinski definition) is 3. The quantitative estimate of drug-likeness (QED) is 0.781. The number of nitrogens with two attached hydrogens (primary N) is 1. The molecule has 25 heavy (non-hydrogen) atoms. The average molecular weight is 332 g/mol. The van der Waals surface area contributed by atoms with Crippen molar-refractivity contribution in [2.45, 2.75) is 12.5 Å². The molecule has 0 bridgehead atoms. The summed E-state index contributed by atoms with van der Waals surface area (Å²) in [6, 6.07) is 23.2. The van der Waals surface area contributed by atoms with E-state index in [1.54, 1.807) is 0 Å². The molecule has 128 valence electrons. The van der Waals surface area contributed by atoms with Crippen LogP contribution >= 0.6 is 0 Å². The van der Waals surface area contributed by atoms with Gasteiger partial charge in [-0.25, -0.2) is 4.68 Å². The van der Waals surface area contributed by atoms with E-state index in [1.807, 2.05) is 29.1 Å². The summed E-state index contributed by atoms with van der Waals surface area (Å²) >= 11 is 0. The normalized spacial score (nSPS) is 20.8. The summed E-state index contributed by atoms with van der Waals surface area (Å²) in [7, 11) is 0. The van der Waals surface area contributed by atoms with Crippen LogP contribution in [0.15, 0.2) is 72.9 Å². The Morgan fingerprint density at radius 1 is 0.920 bits per heavy atom. The van der Waals surface area contributed by atoms with Gasteiger partial charge in [-0.2, -0.15) is 5.10 Å². The van der Waals surface area contributed by atoms with Crippen molar-refractivity contribution in [1.82, 2.24) is 14.7 Å². The van der Waals surface area contributed by atoms with Crippen molar-refractivity contribution >= 4 is 0 Å². The molecule has 1 aromatic heterocycles. The van der Waals surface area contributed by atoms with Gasteiger partial charge < -0.3 is 5.73 Å². The van der Waals surface area contributed by atoms with E-state index >= 15 is 0 Å². The highest BCUT2D eigenvalue weighted by atomic mass is 15.3. The zero-order valence-electron chi connectivity index (χ0n) is 14.3. The van der Waals surface area contributed by atoms with Gasteiger partial charge in [0.05, 0.1) is 11.4 Å². The van der Waals surface area contributed by atoms with Gasteiger partial charge in [-0.15, -0.1) is 0 Å². The molecule has 0 aliphatic carbocycles. The van der Waals surface area contributed by atoms with Crippen LogP contribution in [-0.2, 0) is 6.54 Å². The molecule has 1 saturated heterocycles. The van der Waals surface area contributed by atoms with Crippen LogP contribution in [0.3, 0.4) is 0 Å². The molecule has 2 N–H and O–H groups in total. The van der Waals surface area contributed by atoms with E-state index in [1.165, 1.54) is 11.3 Å². The summed E-state index contributed by atoms with van der Waals surface area (Å²) < 4.78 is 2.04. The maximum Gasteiger partial charge on any atom is 0.0649 e. The second kappa shape index (κ2) is 7.21. The van der Waals surface area contributed by atoms with E-state index in [4.69, 9.17) is 5.73 Å². The van der Waals surface area contributed by atoms with Crippen LogP contribution in [0.1, 0.15) is 17.2 Å². The van der Waals surface area contributed by atoms with Crippen molar-refractivity contribution in [3.05, 3.63) is 84.2 Å². The van der Waals surface area contributed by atoms with Crippen LogP contribution in [0, 0.1) is 5.92 Å². The summed E-state index contributed by atoms with van der Waals surface area (Å²) in [6.07, 6.45) is 1.88. The van der Waals surface area contributed by atoms with Crippen molar-refractivity contribution in [1.29, 1.82) is 0 Å². The second-order valence-electron chi connectivity index (χ2n) is 6.78. The fraction of sp³-hybridized carbons (Fsp3) is 0.286. The molecular formula is C21H24N4. The number of hydrogen-bond donors (Lipinski definition) is 1. The van der Waals surface area contributed by atoms with Crippen LogP contribution in [0.5, 0.6) is 0 Å². The number of likely N-dealkylation sites (tertiary alicyclic amines) is 1. The van der Waals surface area contributed by atoms with Gasteiger partial charge in [-0.1, -0.05) is 48.5 Å². The van der Waals surface area contributed by atoms with Gasteiger partial charge in [0.1, 0.15) is 0 Å². The largest absolute Gasteiger partial charge is 0.330 e. The molecule has 1 aliphatic heterocycles. The Kier molecular flexibility index (Phi) is 4.63. The number of benzene rings is 2. The van der Waals surface area contributed by atoms with E-state index in [0.29, 0.717) is 11.8 Å². The van der Waals surface area contributed by atoms with Crippen LogP contribution in [0.2, 0.25) is 0 Å². The van der Waals surface area contributed by atoms with Gasteiger partial charge in [-0.05, 0) is 36.2 Å². The molecule has 0 amide bonds. The van der Waals surface area contributed by atoms with Gasteiger partial charge >= 0.3 is 0 Å². The van der Waals surface area contributed by atoms with Crippen LogP contribution in [-0.4, -0.2) is 34.3 Å². The Labute approximate surface area is 148 Å². The zero-order chi connectivity index (χ0) is 17.1. The Balaban J connectivity index is 1.52. The molecule has 2 heterocycles. The molecule has 2 atom stereocenters. The Hall–Kier alpha value is -2.43. The summed E-state index contributed by atoms with van der Waals surface area (Å²) in [5.41, 5.74) is 9.80.